The van der Waals surface area contributed by atoms with Crippen LogP contribution in [0.25, 0.3) is 0 Å². The van der Waals surface area contributed by atoms with Crippen LogP contribution in [0.3, 0.4) is 0 Å². The number of hydroxylamine groups is 1. The maximum atomic E-state index is 12.4. The molecule has 0 aromatic heterocycles. The van der Waals surface area contributed by atoms with Gasteiger partial charge in [0.1, 0.15) is 5.75 Å². The second-order valence-electron chi connectivity index (χ2n) is 3.34. The van der Waals surface area contributed by atoms with E-state index in [-0.39, 0.29) is 0 Å². The van der Waals surface area contributed by atoms with Gasteiger partial charge in [-0.1, -0.05) is 12.1 Å². The highest BCUT2D eigenvalue weighted by atomic mass is 19.3. The van der Waals surface area contributed by atoms with E-state index in [1.807, 2.05) is 5.48 Å². The minimum atomic E-state index is -2.83. The van der Waals surface area contributed by atoms with Gasteiger partial charge in [0.05, 0.1) is 0 Å². The second-order valence-corrected chi connectivity index (χ2v) is 3.34. The molecule has 0 fully saturated rings. The third-order valence-electron chi connectivity index (χ3n) is 1.70. The molecule has 0 heterocycles. The molecule has 5 heteroatoms. The first-order chi connectivity index (χ1) is 7.01. The zero-order valence-electron chi connectivity index (χ0n) is 8.34. The van der Waals surface area contributed by atoms with Crippen LogP contribution in [0.5, 0.6) is 5.75 Å². The van der Waals surface area contributed by atoms with Crippen LogP contribution in [-0.2, 0) is 6.54 Å². The van der Waals surface area contributed by atoms with Crippen molar-refractivity contribution in [1.29, 1.82) is 0 Å². The van der Waals surface area contributed by atoms with Crippen molar-refractivity contribution in [2.75, 3.05) is 6.61 Å². The van der Waals surface area contributed by atoms with E-state index < -0.39 is 12.5 Å². The lowest BCUT2D eigenvalue weighted by atomic mass is 10.2. The van der Waals surface area contributed by atoms with Crippen LogP contribution < -0.4 is 10.2 Å². The first-order valence-corrected chi connectivity index (χ1v) is 4.48. The summed E-state index contributed by atoms with van der Waals surface area (Å²) in [6.45, 7) is 0.478. The fourth-order valence-electron chi connectivity index (χ4n) is 1.00. The second kappa shape index (κ2) is 5.04. The van der Waals surface area contributed by atoms with Gasteiger partial charge < -0.3 is 9.94 Å². The lowest BCUT2D eigenvalue weighted by molar-refractivity contribution is -0.0229. The Labute approximate surface area is 86.6 Å². The highest BCUT2D eigenvalue weighted by Gasteiger charge is 2.21. The first-order valence-electron chi connectivity index (χ1n) is 4.48. The molecule has 0 aliphatic heterocycles. The molecule has 3 nitrogen and oxygen atoms in total. The molecule has 2 N–H and O–H groups in total. The summed E-state index contributed by atoms with van der Waals surface area (Å²) in [5.74, 6) is -2.44. The van der Waals surface area contributed by atoms with E-state index in [1.165, 1.54) is 0 Å². The molecule has 0 amide bonds. The van der Waals surface area contributed by atoms with Gasteiger partial charge in [0.2, 0.25) is 0 Å². The summed E-state index contributed by atoms with van der Waals surface area (Å²) in [6, 6.07) is 6.54. The molecule has 0 atom stereocenters. The summed E-state index contributed by atoms with van der Waals surface area (Å²) in [5.41, 5.74) is 2.84. The molecule has 0 unspecified atom stereocenters. The number of hydrogen-bond acceptors (Lipinski definition) is 3. The minimum Gasteiger partial charge on any atom is -0.487 e. The number of nitrogens with one attached hydrogen (secondary N) is 1. The van der Waals surface area contributed by atoms with Gasteiger partial charge in [-0.25, -0.2) is 14.3 Å². The van der Waals surface area contributed by atoms with Crippen molar-refractivity contribution >= 4 is 0 Å². The average molecular weight is 217 g/mol. The number of hydrogen-bond donors (Lipinski definition) is 2. The normalized spacial score (nSPS) is 11.5. The Balaban J connectivity index is 2.50. The number of rotatable bonds is 5. The number of halogens is 2. The highest BCUT2D eigenvalue weighted by molar-refractivity contribution is 5.27. The van der Waals surface area contributed by atoms with Gasteiger partial charge in [-0.3, -0.25) is 0 Å². The van der Waals surface area contributed by atoms with Gasteiger partial charge >= 0.3 is 0 Å². The van der Waals surface area contributed by atoms with Crippen molar-refractivity contribution < 1.29 is 18.7 Å². The van der Waals surface area contributed by atoms with E-state index in [4.69, 9.17) is 9.94 Å². The quantitative estimate of drug-likeness (QED) is 0.743. The largest absolute Gasteiger partial charge is 0.487 e. The third kappa shape index (κ3) is 4.71. The molecule has 0 saturated heterocycles. The van der Waals surface area contributed by atoms with Gasteiger partial charge in [-0.2, -0.15) is 0 Å². The SMILES string of the molecule is CC(F)(F)COc1ccc(CNO)cc1. The van der Waals surface area contributed by atoms with Crippen molar-refractivity contribution in [1.82, 2.24) is 5.48 Å². The van der Waals surface area contributed by atoms with Crippen LogP contribution in [-0.4, -0.2) is 17.7 Å². The van der Waals surface area contributed by atoms with Gasteiger partial charge in [0.25, 0.3) is 5.92 Å². The van der Waals surface area contributed by atoms with Crippen LogP contribution in [0.1, 0.15) is 12.5 Å². The first kappa shape index (κ1) is 11.9. The topological polar surface area (TPSA) is 41.5 Å². The van der Waals surface area contributed by atoms with E-state index in [9.17, 15) is 8.78 Å². The summed E-state index contributed by atoms with van der Waals surface area (Å²) in [7, 11) is 0. The zero-order chi connectivity index (χ0) is 11.3. The molecule has 0 bridgehead atoms. The molecule has 15 heavy (non-hydrogen) atoms. The molecule has 0 aliphatic rings. The molecular weight excluding hydrogens is 204 g/mol. The predicted molar refractivity (Wildman–Crippen MR) is 51.2 cm³/mol. The van der Waals surface area contributed by atoms with E-state index in [0.29, 0.717) is 12.3 Å². The number of benzene rings is 1. The van der Waals surface area contributed by atoms with Crippen LogP contribution >= 0.6 is 0 Å². The highest BCUT2D eigenvalue weighted by Crippen LogP contribution is 2.17. The van der Waals surface area contributed by atoms with E-state index >= 15 is 0 Å². The van der Waals surface area contributed by atoms with Gasteiger partial charge in [0, 0.05) is 13.5 Å². The maximum absolute atomic E-state index is 12.4. The summed E-state index contributed by atoms with van der Waals surface area (Å²) in [4.78, 5) is 0. The Morgan fingerprint density at radius 2 is 1.93 bits per heavy atom. The van der Waals surface area contributed by atoms with E-state index in [1.54, 1.807) is 24.3 Å². The molecular formula is C10H13F2NO2. The molecule has 1 aromatic carbocycles. The van der Waals surface area contributed by atoms with E-state index in [0.717, 1.165) is 12.5 Å². The summed E-state index contributed by atoms with van der Waals surface area (Å²) < 4.78 is 29.8. The van der Waals surface area contributed by atoms with Gasteiger partial charge in [-0.05, 0) is 17.7 Å². The lowest BCUT2D eigenvalue weighted by Crippen LogP contribution is -2.20. The van der Waals surface area contributed by atoms with Crippen LogP contribution in [0, 0.1) is 0 Å². The molecule has 84 valence electrons. The smallest absolute Gasteiger partial charge is 0.278 e. The van der Waals surface area contributed by atoms with Crippen molar-refractivity contribution in [2.45, 2.75) is 19.4 Å². The fourth-order valence-corrected chi connectivity index (χ4v) is 1.00. The number of ether oxygens (including phenoxy) is 1. The maximum Gasteiger partial charge on any atom is 0.278 e. The average Bonchev–Trinajstić information content (AvgIpc) is 2.16. The molecule has 1 aromatic rings. The summed E-state index contributed by atoms with van der Waals surface area (Å²) >= 11 is 0. The minimum absolute atomic E-state index is 0.310. The van der Waals surface area contributed by atoms with Gasteiger partial charge in [0.15, 0.2) is 6.61 Å². The molecule has 0 aliphatic carbocycles. The molecule has 0 saturated carbocycles. The van der Waals surface area contributed by atoms with Crippen molar-refractivity contribution in [3.8, 4) is 5.75 Å². The van der Waals surface area contributed by atoms with Crippen molar-refractivity contribution in [3.63, 3.8) is 0 Å². The van der Waals surface area contributed by atoms with Crippen molar-refractivity contribution in [3.05, 3.63) is 29.8 Å². The van der Waals surface area contributed by atoms with Crippen LogP contribution in [0.15, 0.2) is 24.3 Å². The zero-order valence-corrected chi connectivity index (χ0v) is 8.34. The fraction of sp³-hybridized carbons (Fsp3) is 0.400. The van der Waals surface area contributed by atoms with Crippen LogP contribution in [0.2, 0.25) is 0 Å². The summed E-state index contributed by atoms with van der Waals surface area (Å²) in [5, 5.41) is 8.42. The molecule has 0 spiro atoms. The van der Waals surface area contributed by atoms with E-state index in [2.05, 4.69) is 0 Å². The summed E-state index contributed by atoms with van der Waals surface area (Å²) in [6.07, 6.45) is 0. The predicted octanol–water partition coefficient (Wildman–Crippen LogP) is 2.20. The Morgan fingerprint density at radius 3 is 2.40 bits per heavy atom. The Bertz CT molecular complexity index is 295. The van der Waals surface area contributed by atoms with Crippen LogP contribution in [0.4, 0.5) is 8.78 Å². The Morgan fingerprint density at radius 1 is 1.33 bits per heavy atom. The monoisotopic (exact) mass is 217 g/mol. The molecule has 0 radical (unpaired) electrons. The third-order valence-corrected chi connectivity index (χ3v) is 1.70. The number of alkyl halides is 2. The standard InChI is InChI=1S/C10H13F2NO2/c1-10(11,12)7-15-9-4-2-8(3-5-9)6-13-14/h2-5,13-14H,6-7H2,1H3. The molecule has 1 rings (SSSR count). The lowest BCUT2D eigenvalue weighted by Gasteiger charge is -2.12. The van der Waals surface area contributed by atoms with Gasteiger partial charge in [-0.15, -0.1) is 0 Å². The Hall–Kier alpha value is -1.20. The Kier molecular flexibility index (Phi) is 3.99. The van der Waals surface area contributed by atoms with Crippen molar-refractivity contribution in [2.24, 2.45) is 0 Å².